The van der Waals surface area contributed by atoms with Crippen LogP contribution < -0.4 is 4.90 Å². The fourth-order valence-electron chi connectivity index (χ4n) is 11.4. The van der Waals surface area contributed by atoms with Gasteiger partial charge in [-0.25, -0.2) is 0 Å². The molecule has 1 aromatic heterocycles. The Morgan fingerprint density at radius 3 is 2.00 bits per heavy atom. The first-order valence-electron chi connectivity index (χ1n) is 21.2. The lowest BCUT2D eigenvalue weighted by molar-refractivity contribution is 0.530. The molecule has 284 valence electrons. The van der Waals surface area contributed by atoms with Crippen LogP contribution in [0.15, 0.2) is 157 Å². The molecule has 2 heteroatoms. The zero-order valence-electron chi connectivity index (χ0n) is 34.5. The summed E-state index contributed by atoms with van der Waals surface area (Å²) in [6, 6.07) is 52.5. The van der Waals surface area contributed by atoms with Crippen LogP contribution in [0.2, 0.25) is 0 Å². The maximum absolute atomic E-state index is 2.50. The number of nitrogens with zero attached hydrogens (tertiary/aromatic N) is 2. The van der Waals surface area contributed by atoms with Gasteiger partial charge < -0.3 is 9.47 Å². The quantitative estimate of drug-likeness (QED) is 0.170. The average molecular weight is 751 g/mol. The first-order valence-corrected chi connectivity index (χ1v) is 21.2. The SMILES string of the molecule is CC1CC=CC2=C1C(C)(C)c1cc(N(c3ccc(C4=Cc5c(n(-c6ccccc6)c6ccccc56)C(C)C4)cc3)c3ccc4c(c3)C(C)(C)c3ccccc3-4)ccc12. The zero-order chi connectivity index (χ0) is 39.5. The Morgan fingerprint density at radius 1 is 0.586 bits per heavy atom. The van der Waals surface area contributed by atoms with Gasteiger partial charge in [-0.15, -0.1) is 0 Å². The number of para-hydroxylation sites is 2. The second kappa shape index (κ2) is 12.7. The summed E-state index contributed by atoms with van der Waals surface area (Å²) in [5, 5.41) is 1.32. The standard InChI is InChI=1S/C56H50N2/c1-35-15-14-20-47-45-30-28-42(34-51(45)56(5,6)53(35)47)57(41-27-29-44-43-18-10-12-21-49(43)55(3,4)50(44)33-41)40-25-23-37(24-26-40)38-31-36(2)54-48(32-38)46-19-11-13-22-52(46)58(54)39-16-8-7-9-17-39/h7-14,16-30,32-36H,15,31H2,1-6H3. The van der Waals surface area contributed by atoms with Gasteiger partial charge >= 0.3 is 0 Å². The van der Waals surface area contributed by atoms with Crippen molar-refractivity contribution in [3.63, 3.8) is 0 Å². The van der Waals surface area contributed by atoms with Crippen molar-refractivity contribution < 1.29 is 0 Å². The van der Waals surface area contributed by atoms with Crippen LogP contribution >= 0.6 is 0 Å². The van der Waals surface area contributed by atoms with Gasteiger partial charge in [0, 0.05) is 56.1 Å². The Kier molecular flexibility index (Phi) is 7.67. The monoisotopic (exact) mass is 750 g/mol. The molecule has 0 N–H and O–H groups in total. The summed E-state index contributed by atoms with van der Waals surface area (Å²) in [6.07, 6.45) is 9.31. The Morgan fingerprint density at radius 2 is 1.22 bits per heavy atom. The van der Waals surface area contributed by atoms with E-state index in [-0.39, 0.29) is 10.8 Å². The molecule has 0 fully saturated rings. The molecule has 6 aromatic carbocycles. The van der Waals surface area contributed by atoms with E-state index >= 15 is 0 Å². The lowest BCUT2D eigenvalue weighted by atomic mass is 9.74. The number of fused-ring (bicyclic) bond motifs is 8. The summed E-state index contributed by atoms with van der Waals surface area (Å²) in [5.41, 5.74) is 22.7. The minimum atomic E-state index is -0.0878. The third kappa shape index (κ3) is 5.03. The number of rotatable bonds is 5. The van der Waals surface area contributed by atoms with Gasteiger partial charge in [-0.3, -0.25) is 0 Å². The van der Waals surface area contributed by atoms with E-state index < -0.39 is 0 Å². The Hall–Kier alpha value is -6.12. The average Bonchev–Trinajstić information content (AvgIpc) is 3.79. The molecule has 0 spiro atoms. The van der Waals surface area contributed by atoms with E-state index in [0.717, 1.165) is 12.8 Å². The molecule has 0 aliphatic heterocycles. The van der Waals surface area contributed by atoms with Crippen LogP contribution in [-0.4, -0.2) is 4.57 Å². The fraction of sp³-hybridized carbons (Fsp3) is 0.214. The van der Waals surface area contributed by atoms with Crippen LogP contribution in [0, 0.1) is 5.92 Å². The molecule has 58 heavy (non-hydrogen) atoms. The molecule has 2 unspecified atom stereocenters. The molecule has 0 saturated carbocycles. The first-order chi connectivity index (χ1) is 28.1. The minimum Gasteiger partial charge on any atom is -0.313 e. The summed E-state index contributed by atoms with van der Waals surface area (Å²) in [4.78, 5) is 2.50. The summed E-state index contributed by atoms with van der Waals surface area (Å²) >= 11 is 0. The summed E-state index contributed by atoms with van der Waals surface area (Å²) in [7, 11) is 0. The summed E-state index contributed by atoms with van der Waals surface area (Å²) in [5.74, 6) is 0.905. The summed E-state index contributed by atoms with van der Waals surface area (Å²) in [6.45, 7) is 14.4. The molecule has 7 aromatic rings. The molecule has 0 radical (unpaired) electrons. The van der Waals surface area contributed by atoms with Gasteiger partial charge in [0.25, 0.3) is 0 Å². The predicted molar refractivity (Wildman–Crippen MR) is 246 cm³/mol. The van der Waals surface area contributed by atoms with Gasteiger partial charge in [-0.1, -0.05) is 139 Å². The number of allylic oxidation sites excluding steroid dienone is 5. The van der Waals surface area contributed by atoms with E-state index in [1.807, 2.05) is 0 Å². The van der Waals surface area contributed by atoms with E-state index in [1.54, 1.807) is 5.57 Å². The number of hydrogen-bond acceptors (Lipinski definition) is 1. The maximum Gasteiger partial charge on any atom is 0.0537 e. The van der Waals surface area contributed by atoms with Crippen molar-refractivity contribution >= 4 is 45.2 Å². The lowest BCUT2D eigenvalue weighted by Gasteiger charge is -2.32. The van der Waals surface area contributed by atoms with Crippen molar-refractivity contribution in [3.05, 3.63) is 196 Å². The van der Waals surface area contributed by atoms with E-state index in [0.29, 0.717) is 11.8 Å². The van der Waals surface area contributed by atoms with Crippen molar-refractivity contribution in [2.45, 2.75) is 71.1 Å². The fourth-order valence-corrected chi connectivity index (χ4v) is 11.4. The van der Waals surface area contributed by atoms with Crippen molar-refractivity contribution in [3.8, 4) is 16.8 Å². The van der Waals surface area contributed by atoms with Gasteiger partial charge in [0.1, 0.15) is 0 Å². The topological polar surface area (TPSA) is 8.17 Å². The Bertz CT molecular complexity index is 2910. The van der Waals surface area contributed by atoms with Crippen LogP contribution in [0.5, 0.6) is 0 Å². The first kappa shape index (κ1) is 35.1. The third-order valence-corrected chi connectivity index (χ3v) is 14.1. The van der Waals surface area contributed by atoms with Gasteiger partial charge in [0.2, 0.25) is 0 Å². The highest BCUT2D eigenvalue weighted by Gasteiger charge is 2.41. The maximum atomic E-state index is 2.50. The number of hydrogen-bond donors (Lipinski definition) is 0. The number of anilines is 3. The smallest absolute Gasteiger partial charge is 0.0537 e. The van der Waals surface area contributed by atoms with E-state index in [1.165, 1.54) is 95.0 Å². The Labute approximate surface area is 343 Å². The number of benzene rings is 6. The molecule has 2 atom stereocenters. The van der Waals surface area contributed by atoms with Crippen LogP contribution in [0.3, 0.4) is 0 Å². The second-order valence-corrected chi connectivity index (χ2v) is 18.3. The molecule has 0 saturated heterocycles. The molecule has 1 heterocycles. The summed E-state index contributed by atoms with van der Waals surface area (Å²) < 4.78 is 2.49. The highest BCUT2D eigenvalue weighted by atomic mass is 15.1. The van der Waals surface area contributed by atoms with E-state index in [4.69, 9.17) is 0 Å². The molecule has 4 aliphatic carbocycles. The highest BCUT2D eigenvalue weighted by Crippen LogP contribution is 2.55. The molecular weight excluding hydrogens is 701 g/mol. The minimum absolute atomic E-state index is 0.0331. The zero-order valence-corrected chi connectivity index (χ0v) is 34.5. The molecule has 11 rings (SSSR count). The molecule has 2 nitrogen and oxygen atoms in total. The van der Waals surface area contributed by atoms with Crippen LogP contribution in [0.4, 0.5) is 17.1 Å². The molecular formula is C56H50N2. The van der Waals surface area contributed by atoms with Gasteiger partial charge in [0.15, 0.2) is 0 Å². The van der Waals surface area contributed by atoms with Crippen molar-refractivity contribution in [1.82, 2.24) is 4.57 Å². The van der Waals surface area contributed by atoms with Crippen molar-refractivity contribution in [1.29, 1.82) is 0 Å². The van der Waals surface area contributed by atoms with Crippen LogP contribution in [0.1, 0.15) is 99.4 Å². The van der Waals surface area contributed by atoms with E-state index in [2.05, 4.69) is 209 Å². The molecule has 0 amide bonds. The van der Waals surface area contributed by atoms with Crippen molar-refractivity contribution in [2.75, 3.05) is 4.90 Å². The Balaban J connectivity index is 1.03. The third-order valence-electron chi connectivity index (χ3n) is 14.1. The predicted octanol–water partition coefficient (Wildman–Crippen LogP) is 15.1. The normalized spacial score (nSPS) is 19.3. The lowest BCUT2D eigenvalue weighted by Crippen LogP contribution is -2.23. The van der Waals surface area contributed by atoms with E-state index in [9.17, 15) is 0 Å². The largest absolute Gasteiger partial charge is 0.313 e. The van der Waals surface area contributed by atoms with Gasteiger partial charge in [-0.2, -0.15) is 0 Å². The van der Waals surface area contributed by atoms with Crippen LogP contribution in [-0.2, 0) is 10.8 Å². The van der Waals surface area contributed by atoms with Gasteiger partial charge in [0.05, 0.1) is 5.52 Å². The van der Waals surface area contributed by atoms with Crippen LogP contribution in [0.25, 0.3) is 44.9 Å². The molecule has 4 aliphatic rings. The highest BCUT2D eigenvalue weighted by molar-refractivity contribution is 5.99. The number of aromatic nitrogens is 1. The van der Waals surface area contributed by atoms with Crippen molar-refractivity contribution in [2.24, 2.45) is 5.92 Å². The molecule has 0 bridgehead atoms. The van der Waals surface area contributed by atoms with Gasteiger partial charge in [-0.05, 0) is 135 Å². The second-order valence-electron chi connectivity index (χ2n) is 18.3.